The zero-order chi connectivity index (χ0) is 16.6. The van der Waals surface area contributed by atoms with Gasteiger partial charge < -0.3 is 10.1 Å². The van der Waals surface area contributed by atoms with Crippen LogP contribution in [0.5, 0.6) is 0 Å². The molecule has 22 heavy (non-hydrogen) atoms. The highest BCUT2D eigenvalue weighted by molar-refractivity contribution is 5.72. The molecule has 0 aliphatic heterocycles. The lowest BCUT2D eigenvalue weighted by molar-refractivity contribution is -0.150. The fourth-order valence-electron chi connectivity index (χ4n) is 2.38. The van der Waals surface area contributed by atoms with Gasteiger partial charge in [0.1, 0.15) is 6.10 Å². The van der Waals surface area contributed by atoms with Gasteiger partial charge in [0.25, 0.3) is 0 Å². The zero-order valence-corrected chi connectivity index (χ0v) is 14.8. The summed E-state index contributed by atoms with van der Waals surface area (Å²) in [5.41, 5.74) is 0. The molecule has 0 aliphatic carbocycles. The van der Waals surface area contributed by atoms with Crippen molar-refractivity contribution in [2.75, 3.05) is 6.54 Å². The number of carbonyl (C=O) groups excluding carboxylic acids is 2. The summed E-state index contributed by atoms with van der Waals surface area (Å²) in [6.45, 7) is 6.60. The number of esters is 1. The first-order valence-electron chi connectivity index (χ1n) is 9.04. The van der Waals surface area contributed by atoms with Gasteiger partial charge in [-0.15, -0.1) is 0 Å². The third kappa shape index (κ3) is 13.9. The van der Waals surface area contributed by atoms with Crippen molar-refractivity contribution in [1.82, 2.24) is 5.32 Å². The molecular formula is C18H35NO3. The Morgan fingerprint density at radius 1 is 0.909 bits per heavy atom. The number of carbonyl (C=O) groups is 2. The van der Waals surface area contributed by atoms with Crippen LogP contribution in [-0.4, -0.2) is 24.5 Å². The molecular weight excluding hydrogens is 278 g/mol. The van der Waals surface area contributed by atoms with E-state index in [1.54, 1.807) is 0 Å². The minimum atomic E-state index is -0.0425. The lowest BCUT2D eigenvalue weighted by Gasteiger charge is -2.17. The molecule has 130 valence electrons. The smallest absolute Gasteiger partial charge is 0.306 e. The topological polar surface area (TPSA) is 55.4 Å². The molecule has 0 spiro atoms. The van der Waals surface area contributed by atoms with Crippen molar-refractivity contribution in [3.63, 3.8) is 0 Å². The van der Waals surface area contributed by atoms with Gasteiger partial charge in [-0.1, -0.05) is 52.4 Å². The molecule has 0 aromatic heterocycles. The number of rotatable bonds is 14. The van der Waals surface area contributed by atoms with Crippen molar-refractivity contribution in [2.45, 2.75) is 97.5 Å². The second kappa shape index (κ2) is 14.9. The normalized spacial score (nSPS) is 10.7. The molecule has 0 rings (SSSR count). The summed E-state index contributed by atoms with van der Waals surface area (Å²) in [4.78, 5) is 22.6. The van der Waals surface area contributed by atoms with Crippen molar-refractivity contribution in [1.29, 1.82) is 0 Å². The highest BCUT2D eigenvalue weighted by atomic mass is 16.5. The van der Waals surface area contributed by atoms with Gasteiger partial charge in [-0.05, 0) is 25.7 Å². The molecule has 0 saturated heterocycles. The molecule has 1 N–H and O–H groups in total. The van der Waals surface area contributed by atoms with E-state index in [0.717, 1.165) is 70.8 Å². The third-order valence-corrected chi connectivity index (χ3v) is 3.74. The van der Waals surface area contributed by atoms with Gasteiger partial charge in [-0.2, -0.15) is 0 Å². The molecule has 0 unspecified atom stereocenters. The molecule has 0 aliphatic rings. The maximum absolute atomic E-state index is 11.9. The van der Waals surface area contributed by atoms with E-state index >= 15 is 0 Å². The Kier molecular flexibility index (Phi) is 14.1. The average Bonchev–Trinajstić information content (AvgIpc) is 2.48. The summed E-state index contributed by atoms with van der Waals surface area (Å²) in [5, 5.41) is 2.78. The van der Waals surface area contributed by atoms with E-state index < -0.39 is 0 Å². The molecule has 4 nitrogen and oxygen atoms in total. The van der Waals surface area contributed by atoms with Gasteiger partial charge >= 0.3 is 5.97 Å². The van der Waals surface area contributed by atoms with E-state index in [4.69, 9.17) is 4.74 Å². The van der Waals surface area contributed by atoms with Crippen molar-refractivity contribution in [2.24, 2.45) is 0 Å². The second-order valence-corrected chi connectivity index (χ2v) is 6.04. The van der Waals surface area contributed by atoms with E-state index in [1.807, 2.05) is 0 Å². The van der Waals surface area contributed by atoms with E-state index in [9.17, 15) is 9.59 Å². The molecule has 0 aromatic rings. The monoisotopic (exact) mass is 313 g/mol. The Morgan fingerprint density at radius 2 is 1.50 bits per heavy atom. The van der Waals surface area contributed by atoms with Crippen molar-refractivity contribution >= 4 is 11.9 Å². The SMILES string of the molecule is CCCCC(CCCC)OC(=O)CCCCCCNC(C)=O. The number of amides is 1. The summed E-state index contributed by atoms with van der Waals surface area (Å²) >= 11 is 0. The van der Waals surface area contributed by atoms with Gasteiger partial charge in [0.15, 0.2) is 0 Å². The largest absolute Gasteiger partial charge is 0.462 e. The lowest BCUT2D eigenvalue weighted by atomic mass is 10.1. The quantitative estimate of drug-likeness (QED) is 0.383. The summed E-state index contributed by atoms with van der Waals surface area (Å²) in [5.74, 6) is -0.0205. The van der Waals surface area contributed by atoms with Crippen LogP contribution in [0.4, 0.5) is 0 Å². The zero-order valence-electron chi connectivity index (χ0n) is 14.8. The van der Waals surface area contributed by atoms with E-state index in [0.29, 0.717) is 6.42 Å². The van der Waals surface area contributed by atoms with Crippen LogP contribution in [0.15, 0.2) is 0 Å². The van der Waals surface area contributed by atoms with Crippen LogP contribution < -0.4 is 5.32 Å². The van der Waals surface area contributed by atoms with Crippen LogP contribution in [0.1, 0.15) is 91.4 Å². The summed E-state index contributed by atoms with van der Waals surface area (Å²) in [6, 6.07) is 0. The Hall–Kier alpha value is -1.06. The number of hydrogen-bond acceptors (Lipinski definition) is 3. The molecule has 0 saturated carbocycles. The Labute approximate surface area is 136 Å². The first-order valence-corrected chi connectivity index (χ1v) is 9.04. The first kappa shape index (κ1) is 20.9. The van der Waals surface area contributed by atoms with E-state index in [2.05, 4.69) is 19.2 Å². The van der Waals surface area contributed by atoms with Crippen LogP contribution in [0, 0.1) is 0 Å². The molecule has 0 atom stereocenters. The summed E-state index contributed by atoms with van der Waals surface area (Å²) in [7, 11) is 0. The molecule has 0 heterocycles. The number of ether oxygens (including phenoxy) is 1. The standard InChI is InChI=1S/C18H35NO3/c1-4-6-12-17(13-7-5-2)22-18(21)14-10-8-9-11-15-19-16(3)20/h17H,4-15H2,1-3H3,(H,19,20). The summed E-state index contributed by atoms with van der Waals surface area (Å²) in [6.07, 6.45) is 11.1. The fraction of sp³-hybridized carbons (Fsp3) is 0.889. The number of nitrogens with one attached hydrogen (secondary N) is 1. The number of hydrogen-bond donors (Lipinski definition) is 1. The van der Waals surface area contributed by atoms with E-state index in [-0.39, 0.29) is 18.0 Å². The lowest BCUT2D eigenvalue weighted by Crippen LogP contribution is -2.20. The summed E-state index contributed by atoms with van der Waals surface area (Å²) < 4.78 is 5.62. The third-order valence-electron chi connectivity index (χ3n) is 3.74. The van der Waals surface area contributed by atoms with Crippen LogP contribution in [-0.2, 0) is 14.3 Å². The first-order chi connectivity index (χ1) is 10.6. The number of unbranched alkanes of at least 4 members (excludes halogenated alkanes) is 5. The second-order valence-electron chi connectivity index (χ2n) is 6.04. The Morgan fingerprint density at radius 3 is 2.05 bits per heavy atom. The predicted octanol–water partition coefficient (Wildman–Crippen LogP) is 4.37. The minimum absolute atomic E-state index is 0.0220. The minimum Gasteiger partial charge on any atom is -0.462 e. The van der Waals surface area contributed by atoms with Crippen LogP contribution >= 0.6 is 0 Å². The highest BCUT2D eigenvalue weighted by Gasteiger charge is 2.13. The Balaban J connectivity index is 3.68. The van der Waals surface area contributed by atoms with Crippen molar-refractivity contribution in [3.8, 4) is 0 Å². The molecule has 0 bridgehead atoms. The van der Waals surface area contributed by atoms with Gasteiger partial charge in [0.05, 0.1) is 0 Å². The Bertz CT molecular complexity index is 284. The highest BCUT2D eigenvalue weighted by Crippen LogP contribution is 2.14. The fourth-order valence-corrected chi connectivity index (χ4v) is 2.38. The van der Waals surface area contributed by atoms with Gasteiger partial charge in [-0.25, -0.2) is 0 Å². The van der Waals surface area contributed by atoms with Crippen molar-refractivity contribution in [3.05, 3.63) is 0 Å². The van der Waals surface area contributed by atoms with Crippen LogP contribution in [0.25, 0.3) is 0 Å². The van der Waals surface area contributed by atoms with Crippen LogP contribution in [0.3, 0.4) is 0 Å². The van der Waals surface area contributed by atoms with Crippen molar-refractivity contribution < 1.29 is 14.3 Å². The molecule has 4 heteroatoms. The van der Waals surface area contributed by atoms with Gasteiger partial charge in [0, 0.05) is 19.9 Å². The molecule has 0 fully saturated rings. The maximum Gasteiger partial charge on any atom is 0.306 e. The maximum atomic E-state index is 11.9. The molecule has 0 aromatic carbocycles. The average molecular weight is 313 g/mol. The van der Waals surface area contributed by atoms with Gasteiger partial charge in [-0.3, -0.25) is 9.59 Å². The molecule has 1 amide bonds. The van der Waals surface area contributed by atoms with Crippen LogP contribution in [0.2, 0.25) is 0 Å². The van der Waals surface area contributed by atoms with E-state index in [1.165, 1.54) is 6.92 Å². The van der Waals surface area contributed by atoms with Gasteiger partial charge in [0.2, 0.25) is 5.91 Å². The predicted molar refractivity (Wildman–Crippen MR) is 90.7 cm³/mol. The molecule has 0 radical (unpaired) electrons.